The summed E-state index contributed by atoms with van der Waals surface area (Å²) in [4.78, 5) is 13.2. The van der Waals surface area contributed by atoms with Crippen molar-refractivity contribution in [1.29, 1.82) is 5.26 Å². The number of thioether (sulfide) groups is 1. The largest absolute Gasteiger partial charge is 0.306 e. The van der Waals surface area contributed by atoms with E-state index in [2.05, 4.69) is 0 Å². The van der Waals surface area contributed by atoms with Gasteiger partial charge >= 0.3 is 0 Å². The molecule has 1 saturated heterocycles. The van der Waals surface area contributed by atoms with Crippen LogP contribution in [-0.4, -0.2) is 22.6 Å². The molecule has 1 fully saturated rings. The molecule has 0 aliphatic carbocycles. The number of nitriles is 1. The van der Waals surface area contributed by atoms with Gasteiger partial charge in [-0.2, -0.15) is 5.26 Å². The molecule has 0 aromatic carbocycles. The summed E-state index contributed by atoms with van der Waals surface area (Å²) in [5, 5.41) is 9.35. The molecule has 1 unspecified atom stereocenters. The van der Waals surface area contributed by atoms with Crippen LogP contribution in [0.2, 0.25) is 0 Å². The second-order valence-corrected chi connectivity index (χ2v) is 4.11. The third-order valence-electron chi connectivity index (χ3n) is 1.86. The van der Waals surface area contributed by atoms with Crippen molar-refractivity contribution < 1.29 is 4.79 Å². The van der Waals surface area contributed by atoms with Gasteiger partial charge in [0, 0.05) is 6.54 Å². The fourth-order valence-corrected chi connectivity index (χ4v) is 2.34. The van der Waals surface area contributed by atoms with Crippen molar-refractivity contribution in [1.82, 2.24) is 4.90 Å². The Balaban J connectivity index is 2.77. The van der Waals surface area contributed by atoms with E-state index in [1.165, 1.54) is 11.8 Å². The van der Waals surface area contributed by atoms with Crippen LogP contribution < -0.4 is 0 Å². The van der Waals surface area contributed by atoms with Gasteiger partial charge in [0.25, 0.3) is 0 Å². The van der Waals surface area contributed by atoms with E-state index in [-0.39, 0.29) is 11.2 Å². The summed E-state index contributed by atoms with van der Waals surface area (Å²) in [7, 11) is 0. The smallest absolute Gasteiger partial charge is 0.240 e. The molecule has 70 valence electrons. The monoisotopic (exact) mass is 196 g/mol. The average molecular weight is 196 g/mol. The second-order valence-electron chi connectivity index (χ2n) is 2.75. The van der Waals surface area contributed by atoms with E-state index in [9.17, 15) is 4.79 Å². The van der Waals surface area contributed by atoms with Crippen molar-refractivity contribution >= 4 is 17.7 Å². The first-order chi connectivity index (χ1) is 6.20. The van der Waals surface area contributed by atoms with Crippen LogP contribution in [0.25, 0.3) is 0 Å². The van der Waals surface area contributed by atoms with Crippen LogP contribution in [0.1, 0.15) is 20.3 Å². The zero-order chi connectivity index (χ0) is 9.84. The third-order valence-corrected chi connectivity index (χ3v) is 3.05. The Kier molecular flexibility index (Phi) is 3.38. The Morgan fingerprint density at radius 1 is 1.77 bits per heavy atom. The fraction of sp³-hybridized carbons (Fsp3) is 0.556. The van der Waals surface area contributed by atoms with Crippen LogP contribution in [0.3, 0.4) is 0 Å². The van der Waals surface area contributed by atoms with Crippen molar-refractivity contribution in [3.05, 3.63) is 11.1 Å². The Labute approximate surface area is 82.4 Å². The van der Waals surface area contributed by atoms with Crippen molar-refractivity contribution in [2.75, 3.05) is 6.54 Å². The van der Waals surface area contributed by atoms with Gasteiger partial charge in [0.15, 0.2) is 0 Å². The molecule has 1 aliphatic heterocycles. The minimum Gasteiger partial charge on any atom is -0.306 e. The first kappa shape index (κ1) is 10.1. The van der Waals surface area contributed by atoms with E-state index in [0.29, 0.717) is 13.0 Å². The van der Waals surface area contributed by atoms with Gasteiger partial charge in [-0.1, -0.05) is 11.8 Å². The summed E-state index contributed by atoms with van der Waals surface area (Å²) in [6.07, 6.45) is 2.19. The van der Waals surface area contributed by atoms with E-state index in [0.717, 1.165) is 5.03 Å². The first-order valence-corrected chi connectivity index (χ1v) is 5.13. The highest BCUT2D eigenvalue weighted by molar-refractivity contribution is 8.04. The lowest BCUT2D eigenvalue weighted by Crippen LogP contribution is -2.27. The summed E-state index contributed by atoms with van der Waals surface area (Å²) < 4.78 is 0. The maximum absolute atomic E-state index is 11.5. The summed E-state index contributed by atoms with van der Waals surface area (Å²) >= 11 is 1.53. The van der Waals surface area contributed by atoms with E-state index in [1.807, 2.05) is 26.0 Å². The van der Waals surface area contributed by atoms with E-state index >= 15 is 0 Å². The van der Waals surface area contributed by atoms with Crippen LogP contribution in [0, 0.1) is 11.3 Å². The van der Waals surface area contributed by atoms with Gasteiger partial charge < -0.3 is 4.90 Å². The van der Waals surface area contributed by atoms with Gasteiger partial charge in [-0.05, 0) is 19.9 Å². The van der Waals surface area contributed by atoms with Gasteiger partial charge in [-0.15, -0.1) is 0 Å². The lowest BCUT2D eigenvalue weighted by molar-refractivity contribution is -0.127. The number of carbonyl (C=O) groups is 1. The Bertz CT molecular complexity index is 280. The van der Waals surface area contributed by atoms with E-state index < -0.39 is 0 Å². The van der Waals surface area contributed by atoms with Crippen molar-refractivity contribution in [3.8, 4) is 6.07 Å². The maximum atomic E-state index is 11.5. The minimum atomic E-state index is 0.00453. The predicted octanol–water partition coefficient (Wildman–Crippen LogP) is 1.73. The van der Waals surface area contributed by atoms with Crippen LogP contribution in [0.15, 0.2) is 11.1 Å². The van der Waals surface area contributed by atoms with Gasteiger partial charge in [-0.25, -0.2) is 0 Å². The van der Waals surface area contributed by atoms with Crippen molar-refractivity contribution in [2.45, 2.75) is 25.5 Å². The second kappa shape index (κ2) is 4.33. The summed E-state index contributed by atoms with van der Waals surface area (Å²) in [5.41, 5.74) is 0. The van der Waals surface area contributed by atoms with Crippen LogP contribution >= 0.6 is 11.8 Å². The molecule has 0 saturated carbocycles. The van der Waals surface area contributed by atoms with Crippen LogP contribution in [0.4, 0.5) is 0 Å². The maximum Gasteiger partial charge on any atom is 0.240 e. The Hall–Kier alpha value is -0.950. The predicted molar refractivity (Wildman–Crippen MR) is 52.8 cm³/mol. The molecule has 1 heterocycles. The number of hydrogen-bond donors (Lipinski definition) is 0. The van der Waals surface area contributed by atoms with E-state index in [4.69, 9.17) is 5.26 Å². The van der Waals surface area contributed by atoms with E-state index in [1.54, 1.807) is 4.90 Å². The summed E-state index contributed by atoms with van der Waals surface area (Å²) in [6, 6.07) is 2.04. The van der Waals surface area contributed by atoms with Gasteiger partial charge in [0.1, 0.15) is 0 Å². The molecule has 0 aromatic heterocycles. The molecule has 13 heavy (non-hydrogen) atoms. The Morgan fingerprint density at radius 3 is 3.00 bits per heavy atom. The van der Waals surface area contributed by atoms with Crippen LogP contribution in [-0.2, 0) is 4.79 Å². The number of hydrogen-bond acceptors (Lipinski definition) is 3. The Morgan fingerprint density at radius 2 is 2.46 bits per heavy atom. The molecule has 0 bridgehead atoms. The van der Waals surface area contributed by atoms with Crippen molar-refractivity contribution in [2.24, 2.45) is 0 Å². The van der Waals surface area contributed by atoms with Gasteiger partial charge in [0.05, 0.1) is 22.8 Å². The zero-order valence-corrected chi connectivity index (χ0v) is 8.60. The highest BCUT2D eigenvalue weighted by Crippen LogP contribution is 2.34. The zero-order valence-electron chi connectivity index (χ0n) is 7.78. The number of amides is 1. The third kappa shape index (κ3) is 2.04. The highest BCUT2D eigenvalue weighted by atomic mass is 32.2. The number of allylic oxidation sites excluding steroid dienone is 1. The number of carbonyl (C=O) groups excluding carboxylic acids is 1. The highest BCUT2D eigenvalue weighted by Gasteiger charge is 2.31. The molecule has 1 aliphatic rings. The van der Waals surface area contributed by atoms with Gasteiger partial charge in [-0.3, -0.25) is 4.79 Å². The normalized spacial score (nSPS) is 25.3. The molecule has 3 nitrogen and oxygen atoms in total. The molecule has 0 radical (unpaired) electrons. The molecule has 1 atom stereocenters. The van der Waals surface area contributed by atoms with Crippen molar-refractivity contribution in [3.63, 3.8) is 0 Å². The lowest BCUT2D eigenvalue weighted by Gasteiger charge is -2.13. The quantitative estimate of drug-likeness (QED) is 0.675. The molecular weight excluding hydrogens is 184 g/mol. The fourth-order valence-electron chi connectivity index (χ4n) is 1.23. The molecule has 0 aromatic rings. The molecule has 4 heteroatoms. The average Bonchev–Trinajstić information content (AvgIpc) is 2.39. The van der Waals surface area contributed by atoms with Gasteiger partial charge in [0.2, 0.25) is 5.91 Å². The molecular formula is C9H12N2OS. The van der Waals surface area contributed by atoms with Crippen LogP contribution in [0.5, 0.6) is 0 Å². The first-order valence-electron chi connectivity index (χ1n) is 4.25. The SMILES string of the molecule is CCN1C(=O)C(C)SC1=CCC#N. The number of nitrogens with zero attached hydrogens (tertiary/aromatic N) is 2. The standard InChI is InChI=1S/C9H12N2OS/c1-3-11-8(5-4-6-10)13-7(2)9(11)12/h5,7H,3-4H2,1-2H3. The minimum absolute atomic E-state index is 0.00453. The topological polar surface area (TPSA) is 44.1 Å². The number of rotatable bonds is 2. The molecule has 1 amide bonds. The molecule has 0 N–H and O–H groups in total. The molecule has 0 spiro atoms. The summed E-state index contributed by atoms with van der Waals surface area (Å²) in [5.74, 6) is 0.150. The molecule has 1 rings (SSSR count). The lowest BCUT2D eigenvalue weighted by atomic mass is 10.4. The summed E-state index contributed by atoms with van der Waals surface area (Å²) in [6.45, 7) is 4.52.